The maximum atomic E-state index is 12.5. The highest BCUT2D eigenvalue weighted by molar-refractivity contribution is 8.00. The van der Waals surface area contributed by atoms with Gasteiger partial charge in [-0.05, 0) is 36.4 Å². The molecule has 2 aromatic carbocycles. The van der Waals surface area contributed by atoms with Gasteiger partial charge in [0.05, 0.1) is 16.8 Å². The van der Waals surface area contributed by atoms with Gasteiger partial charge in [0.15, 0.2) is 5.65 Å². The molecule has 0 atom stereocenters. The molecule has 0 fully saturated rings. The molecule has 158 valence electrons. The number of aromatic nitrogens is 4. The van der Waals surface area contributed by atoms with Crippen molar-refractivity contribution >= 4 is 51.6 Å². The Bertz CT molecular complexity index is 1270. The van der Waals surface area contributed by atoms with Crippen LogP contribution in [0.1, 0.15) is 32.5 Å². The summed E-state index contributed by atoms with van der Waals surface area (Å²) in [6, 6.07) is 14.8. The van der Waals surface area contributed by atoms with E-state index in [0.29, 0.717) is 22.0 Å². The van der Waals surface area contributed by atoms with Crippen LogP contribution in [0, 0.1) is 0 Å². The van der Waals surface area contributed by atoms with E-state index in [0.717, 1.165) is 16.9 Å². The van der Waals surface area contributed by atoms with E-state index in [4.69, 9.17) is 4.98 Å². The molecule has 0 aliphatic heterocycles. The van der Waals surface area contributed by atoms with Crippen LogP contribution >= 0.6 is 11.8 Å². The lowest BCUT2D eigenvalue weighted by molar-refractivity contribution is -0.114. The third-order valence-corrected chi connectivity index (χ3v) is 5.52. The van der Waals surface area contributed by atoms with E-state index < -0.39 is 0 Å². The van der Waals surface area contributed by atoms with Gasteiger partial charge in [0.25, 0.3) is 0 Å². The Balaban J connectivity index is 1.53. The SMILES string of the molecule is CC(=O)Nc1ccc(NC(=O)CSc2nc3ccccc3n3c(C(C)C)nnc23)cc1. The Hall–Kier alpha value is -3.46. The molecule has 0 saturated carbocycles. The number of carbonyl (C=O) groups excluding carboxylic acids is 2. The molecule has 0 aliphatic carbocycles. The van der Waals surface area contributed by atoms with Crippen molar-refractivity contribution in [3.8, 4) is 0 Å². The van der Waals surface area contributed by atoms with Gasteiger partial charge in [-0.25, -0.2) is 4.98 Å². The first-order chi connectivity index (χ1) is 14.9. The number of hydrogen-bond acceptors (Lipinski definition) is 6. The number of amides is 2. The van der Waals surface area contributed by atoms with E-state index in [9.17, 15) is 9.59 Å². The summed E-state index contributed by atoms with van der Waals surface area (Å²) in [6.07, 6.45) is 0. The maximum Gasteiger partial charge on any atom is 0.234 e. The molecule has 0 aliphatic rings. The lowest BCUT2D eigenvalue weighted by atomic mass is 10.2. The second kappa shape index (κ2) is 8.73. The molecule has 2 amide bonds. The quantitative estimate of drug-likeness (QED) is 0.443. The van der Waals surface area contributed by atoms with Crippen molar-refractivity contribution in [2.75, 3.05) is 16.4 Å². The molecule has 0 unspecified atom stereocenters. The Morgan fingerprint density at radius 1 is 1.00 bits per heavy atom. The molecule has 2 N–H and O–H groups in total. The summed E-state index contributed by atoms with van der Waals surface area (Å²) in [7, 11) is 0. The minimum absolute atomic E-state index is 0.142. The molecule has 0 saturated heterocycles. The van der Waals surface area contributed by atoms with Gasteiger partial charge in [-0.2, -0.15) is 0 Å². The van der Waals surface area contributed by atoms with E-state index in [1.807, 2.05) is 28.7 Å². The highest BCUT2D eigenvalue weighted by Crippen LogP contribution is 2.27. The Morgan fingerprint density at radius 2 is 1.68 bits per heavy atom. The monoisotopic (exact) mass is 434 g/mol. The highest BCUT2D eigenvalue weighted by Gasteiger charge is 2.18. The van der Waals surface area contributed by atoms with Crippen molar-refractivity contribution < 1.29 is 9.59 Å². The van der Waals surface area contributed by atoms with Crippen molar-refractivity contribution in [1.29, 1.82) is 0 Å². The number of carbonyl (C=O) groups is 2. The third-order valence-electron chi connectivity index (χ3n) is 4.57. The van der Waals surface area contributed by atoms with E-state index in [1.54, 1.807) is 24.3 Å². The fourth-order valence-corrected chi connectivity index (χ4v) is 3.99. The number of nitrogens with zero attached hydrogens (tertiary/aromatic N) is 4. The van der Waals surface area contributed by atoms with E-state index in [-0.39, 0.29) is 23.5 Å². The van der Waals surface area contributed by atoms with Crippen molar-refractivity contribution in [3.63, 3.8) is 0 Å². The first-order valence-electron chi connectivity index (χ1n) is 9.86. The van der Waals surface area contributed by atoms with Gasteiger partial charge in [0.1, 0.15) is 10.9 Å². The van der Waals surface area contributed by atoms with Gasteiger partial charge >= 0.3 is 0 Å². The van der Waals surface area contributed by atoms with Crippen molar-refractivity contribution in [2.24, 2.45) is 0 Å². The van der Waals surface area contributed by atoms with Crippen LogP contribution in [-0.2, 0) is 9.59 Å². The van der Waals surface area contributed by atoms with E-state index in [1.165, 1.54) is 18.7 Å². The van der Waals surface area contributed by atoms with Crippen LogP contribution in [0.5, 0.6) is 0 Å². The predicted octanol–water partition coefficient (Wildman–Crippen LogP) is 4.09. The van der Waals surface area contributed by atoms with Crippen LogP contribution in [0.25, 0.3) is 16.7 Å². The standard InChI is InChI=1S/C22H22N6O2S/c1-13(2)20-26-27-21-22(25-17-6-4-5-7-18(17)28(20)21)31-12-19(30)24-16-10-8-15(9-11-16)23-14(3)29/h4-11,13H,12H2,1-3H3,(H,23,29)(H,24,30). The fraction of sp³-hybridized carbons (Fsp3) is 0.227. The van der Waals surface area contributed by atoms with E-state index >= 15 is 0 Å². The van der Waals surface area contributed by atoms with Gasteiger partial charge in [0.2, 0.25) is 11.8 Å². The van der Waals surface area contributed by atoms with Crippen LogP contribution in [0.15, 0.2) is 53.6 Å². The second-order valence-electron chi connectivity index (χ2n) is 7.37. The lowest BCUT2D eigenvalue weighted by Crippen LogP contribution is -2.14. The van der Waals surface area contributed by atoms with Crippen LogP contribution in [0.3, 0.4) is 0 Å². The summed E-state index contributed by atoms with van der Waals surface area (Å²) in [5, 5.41) is 14.9. The van der Waals surface area contributed by atoms with Crippen LogP contribution in [-0.4, -0.2) is 37.1 Å². The first-order valence-corrected chi connectivity index (χ1v) is 10.8. The van der Waals surface area contributed by atoms with Gasteiger partial charge in [-0.15, -0.1) is 10.2 Å². The number of para-hydroxylation sites is 2. The van der Waals surface area contributed by atoms with Crippen molar-refractivity contribution in [2.45, 2.75) is 31.7 Å². The van der Waals surface area contributed by atoms with Crippen LogP contribution < -0.4 is 10.6 Å². The average molecular weight is 435 g/mol. The second-order valence-corrected chi connectivity index (χ2v) is 8.34. The number of benzene rings is 2. The maximum absolute atomic E-state index is 12.5. The highest BCUT2D eigenvalue weighted by atomic mass is 32.2. The minimum atomic E-state index is -0.158. The molecular formula is C22H22N6O2S. The Labute approximate surface area is 183 Å². The molecule has 9 heteroatoms. The topological polar surface area (TPSA) is 101 Å². The zero-order valence-corrected chi connectivity index (χ0v) is 18.2. The smallest absolute Gasteiger partial charge is 0.234 e. The van der Waals surface area contributed by atoms with Gasteiger partial charge in [0, 0.05) is 24.2 Å². The normalized spacial score (nSPS) is 11.2. The van der Waals surface area contributed by atoms with Crippen molar-refractivity contribution in [1.82, 2.24) is 19.6 Å². The molecule has 0 radical (unpaired) electrons. The summed E-state index contributed by atoms with van der Waals surface area (Å²) in [4.78, 5) is 28.3. The number of nitrogens with one attached hydrogen (secondary N) is 2. The predicted molar refractivity (Wildman–Crippen MR) is 122 cm³/mol. The molecule has 2 heterocycles. The fourth-order valence-electron chi connectivity index (χ4n) is 3.22. The Kier molecular flexibility index (Phi) is 5.85. The van der Waals surface area contributed by atoms with Gasteiger partial charge in [-0.1, -0.05) is 37.7 Å². The summed E-state index contributed by atoms with van der Waals surface area (Å²) >= 11 is 1.33. The molecule has 4 aromatic rings. The minimum Gasteiger partial charge on any atom is -0.326 e. The molecular weight excluding hydrogens is 412 g/mol. The molecule has 0 spiro atoms. The van der Waals surface area contributed by atoms with E-state index in [2.05, 4.69) is 34.7 Å². The lowest BCUT2D eigenvalue weighted by Gasteiger charge is -2.10. The molecule has 31 heavy (non-hydrogen) atoms. The number of hydrogen-bond donors (Lipinski definition) is 2. The number of anilines is 2. The Morgan fingerprint density at radius 3 is 2.35 bits per heavy atom. The summed E-state index contributed by atoms with van der Waals surface area (Å²) in [6.45, 7) is 5.59. The van der Waals surface area contributed by atoms with Crippen LogP contribution in [0.4, 0.5) is 11.4 Å². The molecule has 2 aromatic heterocycles. The zero-order chi connectivity index (χ0) is 22.0. The van der Waals surface area contributed by atoms with Crippen molar-refractivity contribution in [3.05, 3.63) is 54.4 Å². The number of rotatable bonds is 6. The van der Waals surface area contributed by atoms with Crippen LogP contribution in [0.2, 0.25) is 0 Å². The summed E-state index contributed by atoms with van der Waals surface area (Å²) in [5.74, 6) is 0.935. The molecule has 8 nitrogen and oxygen atoms in total. The number of thioether (sulfide) groups is 1. The molecule has 4 rings (SSSR count). The average Bonchev–Trinajstić information content (AvgIpc) is 3.19. The number of fused-ring (bicyclic) bond motifs is 3. The first kappa shape index (κ1) is 20.8. The van der Waals surface area contributed by atoms with Gasteiger partial charge < -0.3 is 10.6 Å². The summed E-state index contributed by atoms with van der Waals surface area (Å²) < 4.78 is 2.02. The largest absolute Gasteiger partial charge is 0.326 e. The molecule has 0 bridgehead atoms. The zero-order valence-electron chi connectivity index (χ0n) is 17.4. The van der Waals surface area contributed by atoms with Gasteiger partial charge in [-0.3, -0.25) is 14.0 Å². The summed E-state index contributed by atoms with van der Waals surface area (Å²) in [5.41, 5.74) is 3.75. The third kappa shape index (κ3) is 4.51.